The van der Waals surface area contributed by atoms with Gasteiger partial charge in [-0.25, -0.2) is 14.6 Å². The van der Waals surface area contributed by atoms with E-state index in [1.165, 1.54) is 6.07 Å². The summed E-state index contributed by atoms with van der Waals surface area (Å²) in [4.78, 5) is 51.5. The highest BCUT2D eigenvalue weighted by Crippen LogP contribution is 2.35. The van der Waals surface area contributed by atoms with Gasteiger partial charge in [0.05, 0.1) is 22.3 Å². The van der Waals surface area contributed by atoms with Crippen LogP contribution in [0.2, 0.25) is 0 Å². The second-order valence-corrected chi connectivity index (χ2v) is 8.23. The number of hydrogen-bond acceptors (Lipinski definition) is 6. The highest BCUT2D eigenvalue weighted by atomic mass is 17.2. The lowest BCUT2D eigenvalue weighted by Gasteiger charge is -2.31. The lowest BCUT2D eigenvalue weighted by atomic mass is 9.86. The summed E-state index contributed by atoms with van der Waals surface area (Å²) in [6.07, 6.45) is -0.703. The van der Waals surface area contributed by atoms with Crippen molar-refractivity contribution in [3.63, 3.8) is 0 Å². The normalized spacial score (nSPS) is 15.7. The van der Waals surface area contributed by atoms with Crippen LogP contribution in [0.3, 0.4) is 0 Å². The molecule has 27 heavy (non-hydrogen) atoms. The van der Waals surface area contributed by atoms with Crippen LogP contribution in [0.5, 0.6) is 0 Å². The first kappa shape index (κ1) is 20.9. The number of benzene rings is 1. The van der Waals surface area contributed by atoms with E-state index in [1.54, 1.807) is 12.1 Å². The maximum atomic E-state index is 12.6. The summed E-state index contributed by atoms with van der Waals surface area (Å²) >= 11 is 0. The molecule has 1 atom stereocenters. The zero-order valence-electron chi connectivity index (χ0n) is 16.5. The van der Waals surface area contributed by atoms with Crippen LogP contribution in [0, 0.1) is 0 Å². The third-order valence-corrected chi connectivity index (χ3v) is 3.94. The van der Waals surface area contributed by atoms with Crippen molar-refractivity contribution in [3.05, 3.63) is 34.9 Å². The fourth-order valence-electron chi connectivity index (χ4n) is 2.99. The second kappa shape index (κ2) is 7.28. The minimum absolute atomic E-state index is 0.135. The van der Waals surface area contributed by atoms with Crippen molar-refractivity contribution < 1.29 is 29.0 Å². The summed E-state index contributed by atoms with van der Waals surface area (Å²) in [7, 11) is 0. The van der Waals surface area contributed by atoms with Crippen LogP contribution in [-0.2, 0) is 14.6 Å². The number of amides is 3. The molecule has 2 N–H and O–H groups in total. The van der Waals surface area contributed by atoms with Crippen molar-refractivity contribution in [2.45, 2.75) is 65.1 Å². The summed E-state index contributed by atoms with van der Waals surface area (Å²) in [6.45, 7) is 11.3. The van der Waals surface area contributed by atoms with Crippen LogP contribution in [0.15, 0.2) is 18.2 Å². The number of fused-ring (bicyclic) bond motifs is 1. The van der Waals surface area contributed by atoms with Crippen molar-refractivity contribution >= 4 is 17.9 Å². The molecule has 1 heterocycles. The van der Waals surface area contributed by atoms with Crippen molar-refractivity contribution in [1.29, 1.82) is 0 Å². The van der Waals surface area contributed by atoms with Crippen molar-refractivity contribution in [3.8, 4) is 0 Å². The van der Waals surface area contributed by atoms with Crippen molar-refractivity contribution in [2.75, 3.05) is 0 Å². The summed E-state index contributed by atoms with van der Waals surface area (Å²) in [5.41, 5.74) is 4.90. The standard InChI is InChI=1S/C19H26N2O6/c1-11(10-19(5,6)27-26-18(2,3)4)12-8-7-9-13-14(12)16(23)21(15(13)22)25-17(20)24/h7-9,11H,10H2,1-6H3,(H2,20,24). The first-order valence-electron chi connectivity index (χ1n) is 8.68. The smallest absolute Gasteiger partial charge is 0.333 e. The van der Waals surface area contributed by atoms with Gasteiger partial charge in [-0.05, 0) is 58.6 Å². The van der Waals surface area contributed by atoms with E-state index < -0.39 is 29.1 Å². The van der Waals surface area contributed by atoms with Crippen molar-refractivity contribution in [1.82, 2.24) is 5.06 Å². The number of hydroxylamine groups is 2. The number of carbonyl (C=O) groups excluding carboxylic acids is 3. The number of primary amides is 1. The summed E-state index contributed by atoms with van der Waals surface area (Å²) in [5, 5.41) is 0.396. The molecule has 148 valence electrons. The van der Waals surface area contributed by atoms with E-state index in [0.29, 0.717) is 17.0 Å². The van der Waals surface area contributed by atoms with Gasteiger partial charge in [-0.3, -0.25) is 9.59 Å². The monoisotopic (exact) mass is 378 g/mol. The number of hydrogen-bond donors (Lipinski definition) is 1. The first-order chi connectivity index (χ1) is 12.3. The number of carbonyl (C=O) groups is 3. The third kappa shape index (κ3) is 4.84. The molecule has 1 aliphatic heterocycles. The molecule has 8 heteroatoms. The van der Waals surface area contributed by atoms with E-state index in [1.807, 2.05) is 41.5 Å². The maximum absolute atomic E-state index is 12.6. The molecule has 0 fully saturated rings. The molecule has 2 rings (SSSR count). The molecule has 3 amide bonds. The molecular weight excluding hydrogens is 352 g/mol. The van der Waals surface area contributed by atoms with E-state index in [9.17, 15) is 14.4 Å². The number of nitrogens with zero attached hydrogens (tertiary/aromatic N) is 1. The Labute approximate surface area is 158 Å². The van der Waals surface area contributed by atoms with Crippen LogP contribution in [0.4, 0.5) is 4.79 Å². The molecule has 1 aliphatic rings. The van der Waals surface area contributed by atoms with Crippen LogP contribution in [0.1, 0.15) is 80.2 Å². The van der Waals surface area contributed by atoms with Gasteiger partial charge >= 0.3 is 6.09 Å². The SMILES string of the molecule is CC(CC(C)(C)OOC(C)(C)C)c1cccc2c1C(=O)N(OC(N)=O)C2=O. The zero-order valence-corrected chi connectivity index (χ0v) is 16.5. The van der Waals surface area contributed by atoms with Crippen LogP contribution in [-0.4, -0.2) is 34.2 Å². The highest BCUT2D eigenvalue weighted by molar-refractivity contribution is 6.21. The second-order valence-electron chi connectivity index (χ2n) is 8.23. The first-order valence-corrected chi connectivity index (χ1v) is 8.68. The minimum Gasteiger partial charge on any atom is -0.333 e. The predicted molar refractivity (Wildman–Crippen MR) is 96.6 cm³/mol. The Morgan fingerprint density at radius 3 is 2.30 bits per heavy atom. The van der Waals surface area contributed by atoms with Gasteiger partial charge in [-0.15, -0.1) is 0 Å². The lowest BCUT2D eigenvalue weighted by Crippen LogP contribution is -2.35. The Bertz CT molecular complexity index is 766. The Morgan fingerprint density at radius 2 is 1.74 bits per heavy atom. The van der Waals surface area contributed by atoms with E-state index in [0.717, 1.165) is 0 Å². The molecule has 0 bridgehead atoms. The Balaban J connectivity index is 2.25. The summed E-state index contributed by atoms with van der Waals surface area (Å²) < 4.78 is 0. The van der Waals surface area contributed by atoms with Gasteiger partial charge in [0.2, 0.25) is 0 Å². The molecule has 1 aromatic carbocycles. The number of nitrogens with two attached hydrogens (primary N) is 1. The molecule has 0 aromatic heterocycles. The van der Waals surface area contributed by atoms with E-state index >= 15 is 0 Å². The highest BCUT2D eigenvalue weighted by Gasteiger charge is 2.41. The summed E-state index contributed by atoms with van der Waals surface area (Å²) in [5.74, 6) is -1.56. The van der Waals surface area contributed by atoms with Gasteiger partial charge in [-0.2, -0.15) is 0 Å². The van der Waals surface area contributed by atoms with Gasteiger partial charge < -0.3 is 10.6 Å². The molecule has 0 spiro atoms. The van der Waals surface area contributed by atoms with Gasteiger partial charge in [0.15, 0.2) is 0 Å². The van der Waals surface area contributed by atoms with E-state index in [4.69, 9.17) is 15.5 Å². The topological polar surface area (TPSA) is 108 Å². The van der Waals surface area contributed by atoms with Gasteiger partial charge in [0.25, 0.3) is 11.8 Å². The van der Waals surface area contributed by atoms with Crippen LogP contribution in [0.25, 0.3) is 0 Å². The molecule has 0 radical (unpaired) electrons. The van der Waals surface area contributed by atoms with Gasteiger partial charge in [-0.1, -0.05) is 24.1 Å². The third-order valence-electron chi connectivity index (χ3n) is 3.94. The van der Waals surface area contributed by atoms with Crippen LogP contribution < -0.4 is 5.73 Å². The molecular formula is C19H26N2O6. The number of imide groups is 1. The lowest BCUT2D eigenvalue weighted by molar-refractivity contribution is -0.398. The molecule has 8 nitrogen and oxygen atoms in total. The fourth-order valence-corrected chi connectivity index (χ4v) is 2.99. The van der Waals surface area contributed by atoms with E-state index in [2.05, 4.69) is 4.84 Å². The zero-order chi connectivity index (χ0) is 20.6. The largest absolute Gasteiger partial charge is 0.429 e. The minimum atomic E-state index is -1.23. The maximum Gasteiger partial charge on any atom is 0.429 e. The molecule has 0 aliphatic carbocycles. The molecule has 0 saturated heterocycles. The molecule has 1 unspecified atom stereocenters. The quantitative estimate of drug-likeness (QED) is 0.462. The summed E-state index contributed by atoms with van der Waals surface area (Å²) in [6, 6.07) is 4.97. The Morgan fingerprint density at radius 1 is 1.11 bits per heavy atom. The predicted octanol–water partition coefficient (Wildman–Crippen LogP) is 3.31. The van der Waals surface area contributed by atoms with Crippen LogP contribution >= 0.6 is 0 Å². The molecule has 0 saturated carbocycles. The fraction of sp³-hybridized carbons (Fsp3) is 0.526. The van der Waals surface area contributed by atoms with Crippen molar-refractivity contribution in [2.24, 2.45) is 5.73 Å². The molecule has 1 aromatic rings. The van der Waals surface area contributed by atoms with E-state index in [-0.39, 0.29) is 17.0 Å². The average Bonchev–Trinajstić information content (AvgIpc) is 2.77. The van der Waals surface area contributed by atoms with Gasteiger partial charge in [0, 0.05) is 0 Å². The average molecular weight is 378 g/mol. The Hall–Kier alpha value is -2.45. The Kier molecular flexibility index (Phi) is 5.63. The van der Waals surface area contributed by atoms with Gasteiger partial charge in [0.1, 0.15) is 0 Å². The number of rotatable bonds is 6.